The number of nitrogens with zero attached hydrogens (tertiary/aromatic N) is 2. The first-order valence-corrected chi connectivity index (χ1v) is 7.45. The summed E-state index contributed by atoms with van der Waals surface area (Å²) < 4.78 is 0. The van der Waals surface area contributed by atoms with Gasteiger partial charge in [0.2, 0.25) is 5.13 Å². The van der Waals surface area contributed by atoms with Crippen LogP contribution in [0.15, 0.2) is 48.1 Å². The highest BCUT2D eigenvalue weighted by Crippen LogP contribution is 2.30. The Bertz CT molecular complexity index is 599. The van der Waals surface area contributed by atoms with Gasteiger partial charge in [0.15, 0.2) is 0 Å². The highest BCUT2D eigenvalue weighted by molar-refractivity contribution is 7.15. The molecule has 0 saturated heterocycles. The number of aromatic nitrogens is 1. The van der Waals surface area contributed by atoms with Gasteiger partial charge in [-0.3, -0.25) is 5.43 Å². The lowest BCUT2D eigenvalue weighted by Crippen LogP contribution is -1.96. The number of hydrogen-bond donors (Lipinski definition) is 1. The second-order valence-corrected chi connectivity index (χ2v) is 5.78. The normalized spacial score (nSPS) is 11.4. The summed E-state index contributed by atoms with van der Waals surface area (Å²) in [5.74, 6) is 0. The Labute approximate surface area is 124 Å². The Balaban J connectivity index is 2.10. The third kappa shape index (κ3) is 3.78. The molecule has 0 fully saturated rings. The van der Waals surface area contributed by atoms with Crippen LogP contribution in [0.5, 0.6) is 0 Å². The van der Waals surface area contributed by atoms with Gasteiger partial charge in [0, 0.05) is 16.2 Å². The summed E-state index contributed by atoms with van der Waals surface area (Å²) in [6, 6.07) is 10.2. The predicted octanol–water partition coefficient (Wildman–Crippen LogP) is 4.87. The number of hydrazone groups is 1. The van der Waals surface area contributed by atoms with E-state index in [2.05, 4.69) is 41.1 Å². The van der Waals surface area contributed by atoms with Gasteiger partial charge in [-0.25, -0.2) is 4.98 Å². The van der Waals surface area contributed by atoms with Crippen LogP contribution in [0.4, 0.5) is 5.13 Å². The maximum absolute atomic E-state index is 4.61. The quantitative estimate of drug-likeness (QED) is 0.467. The van der Waals surface area contributed by atoms with Gasteiger partial charge < -0.3 is 0 Å². The molecule has 0 aliphatic carbocycles. The lowest BCUT2D eigenvalue weighted by Gasteiger charge is -1.98. The minimum atomic E-state index is 0.833. The molecule has 0 aliphatic rings. The molecule has 3 nitrogen and oxygen atoms in total. The fourth-order valence-electron chi connectivity index (χ4n) is 1.82. The van der Waals surface area contributed by atoms with Crippen molar-refractivity contribution in [1.82, 2.24) is 4.98 Å². The summed E-state index contributed by atoms with van der Waals surface area (Å²) in [5.41, 5.74) is 6.27. The van der Waals surface area contributed by atoms with E-state index in [-0.39, 0.29) is 0 Å². The third-order valence-corrected chi connectivity index (χ3v) is 3.77. The lowest BCUT2D eigenvalue weighted by molar-refractivity contribution is 1.08. The zero-order valence-corrected chi connectivity index (χ0v) is 12.7. The third-order valence-electron chi connectivity index (χ3n) is 2.90. The van der Waals surface area contributed by atoms with E-state index in [1.807, 2.05) is 31.2 Å². The summed E-state index contributed by atoms with van der Waals surface area (Å²) in [4.78, 5) is 5.80. The summed E-state index contributed by atoms with van der Waals surface area (Å²) in [6.45, 7) is 7.81. The van der Waals surface area contributed by atoms with Crippen LogP contribution in [0.1, 0.15) is 24.6 Å². The molecule has 4 heteroatoms. The summed E-state index contributed by atoms with van der Waals surface area (Å²) >= 11 is 1.63. The van der Waals surface area contributed by atoms with E-state index in [0.29, 0.717) is 0 Å². The molecule has 1 N–H and O–H groups in total. The Kier molecular flexibility index (Phi) is 5.07. The van der Waals surface area contributed by atoms with Gasteiger partial charge in [-0.05, 0) is 26.7 Å². The fraction of sp³-hybridized carbons (Fsp3) is 0.250. The molecular weight excluding hydrogens is 266 g/mol. The number of allylic oxidation sites excluding steroid dienone is 1. The van der Waals surface area contributed by atoms with E-state index >= 15 is 0 Å². The largest absolute Gasteiger partial charge is 0.253 e. The van der Waals surface area contributed by atoms with Crippen LogP contribution in [-0.2, 0) is 0 Å². The molecule has 0 atom stereocenters. The van der Waals surface area contributed by atoms with Crippen LogP contribution in [0, 0.1) is 6.92 Å². The maximum atomic E-state index is 4.61. The zero-order valence-electron chi connectivity index (χ0n) is 11.9. The van der Waals surface area contributed by atoms with E-state index in [9.17, 15) is 0 Å². The Morgan fingerprint density at radius 2 is 2.15 bits per heavy atom. The molecule has 1 aromatic heterocycles. The molecule has 0 bridgehead atoms. The molecule has 1 aromatic carbocycles. The zero-order chi connectivity index (χ0) is 14.4. The van der Waals surface area contributed by atoms with Gasteiger partial charge in [0.1, 0.15) is 0 Å². The van der Waals surface area contributed by atoms with Gasteiger partial charge in [0.05, 0.1) is 5.69 Å². The van der Waals surface area contributed by atoms with E-state index in [0.717, 1.165) is 34.9 Å². The number of benzene rings is 1. The van der Waals surface area contributed by atoms with Gasteiger partial charge in [-0.15, -0.1) is 17.9 Å². The van der Waals surface area contributed by atoms with Crippen LogP contribution >= 0.6 is 11.3 Å². The highest BCUT2D eigenvalue weighted by atomic mass is 32.1. The van der Waals surface area contributed by atoms with E-state index < -0.39 is 0 Å². The minimum absolute atomic E-state index is 0.833. The Morgan fingerprint density at radius 1 is 1.40 bits per heavy atom. The van der Waals surface area contributed by atoms with Gasteiger partial charge in [-0.1, -0.05) is 36.4 Å². The molecule has 0 saturated carbocycles. The van der Waals surface area contributed by atoms with Crippen LogP contribution in [0.3, 0.4) is 0 Å². The number of aryl methyl sites for hydroxylation is 1. The molecule has 2 aromatic rings. The predicted molar refractivity (Wildman–Crippen MR) is 88.4 cm³/mol. The van der Waals surface area contributed by atoms with Crippen molar-refractivity contribution in [2.45, 2.75) is 26.7 Å². The average Bonchev–Trinajstić information content (AvgIpc) is 2.85. The molecule has 104 valence electrons. The van der Waals surface area contributed by atoms with Gasteiger partial charge in [-0.2, -0.15) is 5.10 Å². The maximum Gasteiger partial charge on any atom is 0.204 e. The van der Waals surface area contributed by atoms with Crippen LogP contribution < -0.4 is 5.43 Å². The first kappa shape index (κ1) is 14.5. The summed E-state index contributed by atoms with van der Waals surface area (Å²) in [5, 5.41) is 5.18. The van der Waals surface area contributed by atoms with Crippen molar-refractivity contribution in [3.05, 3.63) is 47.9 Å². The van der Waals surface area contributed by atoms with Crippen LogP contribution in [0.2, 0.25) is 0 Å². The highest BCUT2D eigenvalue weighted by Gasteiger charge is 2.08. The summed E-state index contributed by atoms with van der Waals surface area (Å²) in [6.07, 6.45) is 3.77. The number of nitrogens with one attached hydrogen (secondary N) is 1. The Morgan fingerprint density at radius 3 is 2.85 bits per heavy atom. The SMILES string of the molecule is C=CCC/C(C)=N\Nc1nc(-c2ccccc2)c(C)s1. The number of thiazole rings is 1. The summed E-state index contributed by atoms with van der Waals surface area (Å²) in [7, 11) is 0. The fourth-order valence-corrected chi connectivity index (χ4v) is 2.60. The molecule has 0 amide bonds. The standard InChI is InChI=1S/C16H19N3S/c1-4-5-9-12(2)18-19-16-17-15(13(3)20-16)14-10-7-6-8-11-14/h4,6-8,10-11H,1,5,9H2,2-3H3,(H,17,19)/b18-12-. The number of rotatable bonds is 6. The van der Waals surface area contributed by atoms with E-state index in [1.165, 1.54) is 4.88 Å². The number of hydrogen-bond acceptors (Lipinski definition) is 4. The molecule has 20 heavy (non-hydrogen) atoms. The van der Waals surface area contributed by atoms with Crippen molar-refractivity contribution >= 4 is 22.2 Å². The monoisotopic (exact) mass is 285 g/mol. The molecule has 1 heterocycles. The Hall–Kier alpha value is -1.94. The number of anilines is 1. The van der Waals surface area contributed by atoms with Crippen molar-refractivity contribution in [3.63, 3.8) is 0 Å². The smallest absolute Gasteiger partial charge is 0.204 e. The van der Waals surface area contributed by atoms with Crippen molar-refractivity contribution in [1.29, 1.82) is 0 Å². The van der Waals surface area contributed by atoms with Crippen molar-refractivity contribution in [2.75, 3.05) is 5.43 Å². The first-order chi connectivity index (χ1) is 9.70. The van der Waals surface area contributed by atoms with Crippen molar-refractivity contribution in [3.8, 4) is 11.3 Å². The second kappa shape index (κ2) is 7.01. The van der Waals surface area contributed by atoms with Crippen LogP contribution in [-0.4, -0.2) is 10.7 Å². The molecule has 0 unspecified atom stereocenters. The molecule has 0 spiro atoms. The van der Waals surface area contributed by atoms with Gasteiger partial charge >= 0.3 is 0 Å². The van der Waals surface area contributed by atoms with Crippen molar-refractivity contribution in [2.24, 2.45) is 5.10 Å². The van der Waals surface area contributed by atoms with E-state index in [4.69, 9.17) is 0 Å². The van der Waals surface area contributed by atoms with Crippen molar-refractivity contribution < 1.29 is 0 Å². The minimum Gasteiger partial charge on any atom is -0.253 e. The molecule has 0 aliphatic heterocycles. The van der Waals surface area contributed by atoms with Gasteiger partial charge in [0.25, 0.3) is 0 Å². The average molecular weight is 285 g/mol. The van der Waals surface area contributed by atoms with Crippen LogP contribution in [0.25, 0.3) is 11.3 Å². The first-order valence-electron chi connectivity index (χ1n) is 6.63. The van der Waals surface area contributed by atoms with E-state index in [1.54, 1.807) is 11.3 Å². The lowest BCUT2D eigenvalue weighted by atomic mass is 10.1. The topological polar surface area (TPSA) is 37.3 Å². The second-order valence-electron chi connectivity index (χ2n) is 4.58. The molecule has 2 rings (SSSR count). The molecule has 0 radical (unpaired) electrons. The molecular formula is C16H19N3S.